The smallest absolute Gasteiger partial charge is 0.189 e. The zero-order valence-electron chi connectivity index (χ0n) is 17.2. The van der Waals surface area contributed by atoms with Gasteiger partial charge < -0.3 is 14.2 Å². The van der Waals surface area contributed by atoms with Crippen molar-refractivity contribution < 1.29 is 19.0 Å². The van der Waals surface area contributed by atoms with Crippen LogP contribution in [0.4, 0.5) is 0 Å². The third-order valence-corrected chi connectivity index (χ3v) is 4.69. The van der Waals surface area contributed by atoms with Gasteiger partial charge in [-0.2, -0.15) is 5.10 Å². The second-order valence-corrected chi connectivity index (χ2v) is 6.44. The lowest BCUT2D eigenvalue weighted by Gasteiger charge is -2.12. The molecule has 2 aromatic carbocycles. The molecule has 0 aliphatic rings. The summed E-state index contributed by atoms with van der Waals surface area (Å²) in [5.41, 5.74) is 3.69. The number of aryl methyl sites for hydroxylation is 1. The summed E-state index contributed by atoms with van der Waals surface area (Å²) in [7, 11) is 4.69. The maximum Gasteiger partial charge on any atom is 0.189 e. The molecule has 0 radical (unpaired) electrons. The van der Waals surface area contributed by atoms with E-state index in [1.807, 2.05) is 44.2 Å². The van der Waals surface area contributed by atoms with Gasteiger partial charge in [0, 0.05) is 11.6 Å². The van der Waals surface area contributed by atoms with E-state index in [1.165, 1.54) is 6.08 Å². The molecule has 0 aliphatic carbocycles. The molecule has 0 unspecified atom stereocenters. The van der Waals surface area contributed by atoms with Crippen molar-refractivity contribution >= 4 is 11.9 Å². The van der Waals surface area contributed by atoms with Crippen LogP contribution in [0.3, 0.4) is 0 Å². The molecule has 0 aliphatic heterocycles. The van der Waals surface area contributed by atoms with Gasteiger partial charge in [-0.15, -0.1) is 0 Å². The number of rotatable bonds is 7. The molecule has 0 fully saturated rings. The van der Waals surface area contributed by atoms with Crippen LogP contribution in [0.2, 0.25) is 0 Å². The molecule has 0 saturated heterocycles. The second-order valence-electron chi connectivity index (χ2n) is 6.44. The van der Waals surface area contributed by atoms with Crippen LogP contribution in [0.5, 0.6) is 17.2 Å². The predicted molar refractivity (Wildman–Crippen MR) is 113 cm³/mol. The third-order valence-electron chi connectivity index (χ3n) is 4.69. The molecule has 29 heavy (non-hydrogen) atoms. The van der Waals surface area contributed by atoms with Crippen LogP contribution in [-0.2, 0) is 0 Å². The number of methoxy groups -OCH3 is 3. The fourth-order valence-corrected chi connectivity index (χ4v) is 3.25. The average molecular weight is 392 g/mol. The number of ether oxygens (including phenoxy) is 3. The molecular weight excluding hydrogens is 368 g/mol. The molecule has 3 aromatic rings. The number of para-hydroxylation sites is 1. The molecule has 0 spiro atoms. The zero-order chi connectivity index (χ0) is 21.0. The van der Waals surface area contributed by atoms with Crippen LogP contribution in [0, 0.1) is 13.8 Å². The number of hydrogen-bond donors (Lipinski definition) is 0. The summed E-state index contributed by atoms with van der Waals surface area (Å²) >= 11 is 0. The average Bonchev–Trinajstić information content (AvgIpc) is 3.05. The van der Waals surface area contributed by atoms with Crippen LogP contribution < -0.4 is 14.2 Å². The first kappa shape index (κ1) is 20.2. The van der Waals surface area contributed by atoms with Crippen LogP contribution in [0.25, 0.3) is 11.8 Å². The minimum atomic E-state index is -0.126. The van der Waals surface area contributed by atoms with Crippen LogP contribution in [0.1, 0.15) is 27.3 Å². The first-order valence-electron chi connectivity index (χ1n) is 9.14. The Morgan fingerprint density at radius 2 is 1.55 bits per heavy atom. The summed E-state index contributed by atoms with van der Waals surface area (Å²) in [6.45, 7) is 3.73. The second kappa shape index (κ2) is 8.65. The molecule has 3 rings (SSSR count). The van der Waals surface area contributed by atoms with Gasteiger partial charge in [0.25, 0.3) is 0 Å². The highest BCUT2D eigenvalue weighted by Gasteiger charge is 2.18. The lowest BCUT2D eigenvalue weighted by Crippen LogP contribution is -2.01. The highest BCUT2D eigenvalue weighted by atomic mass is 16.5. The van der Waals surface area contributed by atoms with Gasteiger partial charge >= 0.3 is 0 Å². The lowest BCUT2D eigenvalue weighted by atomic mass is 10.1. The summed E-state index contributed by atoms with van der Waals surface area (Å²) in [5.74, 6) is 1.58. The number of benzene rings is 2. The molecule has 0 saturated carbocycles. The summed E-state index contributed by atoms with van der Waals surface area (Å²) < 4.78 is 17.8. The van der Waals surface area contributed by atoms with E-state index in [2.05, 4.69) is 5.10 Å². The van der Waals surface area contributed by atoms with E-state index in [1.54, 1.807) is 44.2 Å². The molecule has 0 amide bonds. The molecule has 1 heterocycles. The standard InChI is InChI=1S/C23H24N2O4/c1-15-23(16(2)25(24-15)18-9-7-6-8-10-18)19(26)12-11-17-13-21(28-4)22(29-5)14-20(17)27-3/h6-14H,1-5H3/b12-11+. The highest BCUT2D eigenvalue weighted by molar-refractivity contribution is 6.08. The summed E-state index contributed by atoms with van der Waals surface area (Å²) in [6.07, 6.45) is 3.23. The Morgan fingerprint density at radius 1 is 0.931 bits per heavy atom. The Morgan fingerprint density at radius 3 is 2.17 bits per heavy atom. The van der Waals surface area contributed by atoms with Gasteiger partial charge in [-0.3, -0.25) is 4.79 Å². The zero-order valence-corrected chi connectivity index (χ0v) is 17.2. The van der Waals surface area contributed by atoms with Crippen molar-refractivity contribution in [3.63, 3.8) is 0 Å². The normalized spacial score (nSPS) is 10.9. The van der Waals surface area contributed by atoms with E-state index in [9.17, 15) is 4.79 Å². The molecule has 0 bridgehead atoms. The van der Waals surface area contributed by atoms with E-state index < -0.39 is 0 Å². The number of ketones is 1. The number of carbonyl (C=O) groups is 1. The largest absolute Gasteiger partial charge is 0.496 e. The molecule has 0 N–H and O–H groups in total. The molecule has 1 aromatic heterocycles. The van der Waals surface area contributed by atoms with E-state index in [-0.39, 0.29) is 5.78 Å². The quantitative estimate of drug-likeness (QED) is 0.440. The Bertz CT molecular complexity index is 1050. The number of aromatic nitrogens is 2. The van der Waals surface area contributed by atoms with Crippen molar-refractivity contribution in [3.8, 4) is 22.9 Å². The summed E-state index contributed by atoms with van der Waals surface area (Å²) in [6, 6.07) is 13.2. The Hall–Kier alpha value is -3.54. The minimum Gasteiger partial charge on any atom is -0.496 e. The maximum absolute atomic E-state index is 12.9. The molecule has 6 nitrogen and oxygen atoms in total. The van der Waals surface area contributed by atoms with Crippen LogP contribution >= 0.6 is 0 Å². The Balaban J connectivity index is 1.95. The van der Waals surface area contributed by atoms with E-state index in [0.29, 0.717) is 34.1 Å². The highest BCUT2D eigenvalue weighted by Crippen LogP contribution is 2.35. The topological polar surface area (TPSA) is 62.6 Å². The Kier molecular flexibility index (Phi) is 6.02. The van der Waals surface area contributed by atoms with E-state index in [4.69, 9.17) is 14.2 Å². The molecule has 6 heteroatoms. The van der Waals surface area contributed by atoms with Gasteiger partial charge in [-0.25, -0.2) is 4.68 Å². The van der Waals surface area contributed by atoms with Crippen molar-refractivity contribution in [2.45, 2.75) is 13.8 Å². The van der Waals surface area contributed by atoms with Gasteiger partial charge in [-0.1, -0.05) is 18.2 Å². The number of hydrogen-bond acceptors (Lipinski definition) is 5. The minimum absolute atomic E-state index is 0.126. The molecule has 150 valence electrons. The van der Waals surface area contributed by atoms with Gasteiger partial charge in [-0.05, 0) is 44.2 Å². The summed E-state index contributed by atoms with van der Waals surface area (Å²) in [4.78, 5) is 12.9. The SMILES string of the molecule is COc1cc(OC)c(OC)cc1/C=C/C(=O)c1c(C)nn(-c2ccccc2)c1C. The monoisotopic (exact) mass is 392 g/mol. The third kappa shape index (κ3) is 4.01. The van der Waals surface area contributed by atoms with Crippen molar-refractivity contribution in [2.24, 2.45) is 0 Å². The first-order valence-corrected chi connectivity index (χ1v) is 9.14. The lowest BCUT2D eigenvalue weighted by molar-refractivity contribution is 0.104. The van der Waals surface area contributed by atoms with Gasteiger partial charge in [0.15, 0.2) is 17.3 Å². The van der Waals surface area contributed by atoms with Gasteiger partial charge in [0.05, 0.1) is 44.0 Å². The van der Waals surface area contributed by atoms with Gasteiger partial charge in [0.2, 0.25) is 0 Å². The Labute approximate surface area is 170 Å². The number of carbonyl (C=O) groups excluding carboxylic acids is 1. The fraction of sp³-hybridized carbons (Fsp3) is 0.217. The fourth-order valence-electron chi connectivity index (χ4n) is 3.25. The van der Waals surface area contributed by atoms with Gasteiger partial charge in [0.1, 0.15) is 5.75 Å². The predicted octanol–water partition coefficient (Wildman–Crippen LogP) is 4.41. The number of nitrogens with zero attached hydrogens (tertiary/aromatic N) is 2. The van der Waals surface area contributed by atoms with Crippen LogP contribution in [0.15, 0.2) is 48.5 Å². The summed E-state index contributed by atoms with van der Waals surface area (Å²) in [5, 5.41) is 4.54. The molecular formula is C23H24N2O4. The van der Waals surface area contributed by atoms with E-state index in [0.717, 1.165) is 11.4 Å². The van der Waals surface area contributed by atoms with Crippen molar-refractivity contribution in [1.82, 2.24) is 9.78 Å². The van der Waals surface area contributed by atoms with Crippen molar-refractivity contribution in [1.29, 1.82) is 0 Å². The first-order chi connectivity index (χ1) is 14.0. The van der Waals surface area contributed by atoms with Crippen molar-refractivity contribution in [3.05, 3.63) is 71.1 Å². The molecule has 0 atom stereocenters. The number of allylic oxidation sites excluding steroid dienone is 1. The van der Waals surface area contributed by atoms with Crippen molar-refractivity contribution in [2.75, 3.05) is 21.3 Å². The van der Waals surface area contributed by atoms with Crippen LogP contribution in [-0.4, -0.2) is 36.9 Å². The maximum atomic E-state index is 12.9. The van der Waals surface area contributed by atoms with E-state index >= 15 is 0 Å².